The number of aryl methyl sites for hydroxylation is 2. The number of hydrogen-bond acceptors (Lipinski definition) is 2. The van der Waals surface area contributed by atoms with Crippen LogP contribution in [0.15, 0.2) is 4.47 Å². The predicted octanol–water partition coefficient (Wildman–Crippen LogP) is 3.52. The maximum atomic E-state index is 4.50. The largest absolute Gasteiger partial charge is 0.311 e. The first-order chi connectivity index (χ1) is 8.27. The van der Waals surface area contributed by atoms with Crippen LogP contribution in [0, 0.1) is 11.3 Å². The quantitative estimate of drug-likeness (QED) is 0.901. The van der Waals surface area contributed by atoms with Crippen molar-refractivity contribution >= 4 is 15.9 Å². The fourth-order valence-electron chi connectivity index (χ4n) is 1.73. The lowest BCUT2D eigenvalue weighted by molar-refractivity contribution is 0.252. The minimum absolute atomic E-state index is 0.352. The summed E-state index contributed by atoms with van der Waals surface area (Å²) in [7, 11) is 2.01. The van der Waals surface area contributed by atoms with Gasteiger partial charge in [0, 0.05) is 13.6 Å². The van der Waals surface area contributed by atoms with Gasteiger partial charge in [-0.3, -0.25) is 4.68 Å². The van der Waals surface area contributed by atoms with Gasteiger partial charge in [-0.15, -0.1) is 0 Å². The third-order valence-electron chi connectivity index (χ3n) is 3.72. The van der Waals surface area contributed by atoms with Crippen LogP contribution >= 0.6 is 15.9 Å². The van der Waals surface area contributed by atoms with E-state index in [9.17, 15) is 0 Å². The molecule has 0 aliphatic heterocycles. The maximum Gasteiger partial charge on any atom is 0.0767 e. The molecule has 1 aromatic heterocycles. The molecule has 0 bridgehead atoms. The molecule has 1 aromatic rings. The molecule has 0 amide bonds. The Balaban J connectivity index is 2.57. The minimum atomic E-state index is 0.352. The van der Waals surface area contributed by atoms with Crippen molar-refractivity contribution in [2.75, 3.05) is 6.54 Å². The molecule has 1 rings (SSSR count). The first-order valence-corrected chi connectivity index (χ1v) is 7.47. The molecule has 1 atom stereocenters. The van der Waals surface area contributed by atoms with Crippen molar-refractivity contribution in [2.24, 2.45) is 18.4 Å². The highest BCUT2D eigenvalue weighted by atomic mass is 79.9. The highest BCUT2D eigenvalue weighted by molar-refractivity contribution is 9.10. The Hall–Kier alpha value is -0.350. The summed E-state index contributed by atoms with van der Waals surface area (Å²) in [5, 5.41) is 8.04. The summed E-state index contributed by atoms with van der Waals surface area (Å²) in [6, 6.07) is 0. The molecule has 4 heteroatoms. The Labute approximate surface area is 119 Å². The molecule has 1 heterocycles. The van der Waals surface area contributed by atoms with Gasteiger partial charge < -0.3 is 5.32 Å². The maximum absolute atomic E-state index is 4.50. The van der Waals surface area contributed by atoms with Crippen LogP contribution in [0.1, 0.15) is 46.0 Å². The van der Waals surface area contributed by atoms with Gasteiger partial charge in [0.2, 0.25) is 0 Å². The normalized spacial score (nSPS) is 13.9. The average Bonchev–Trinajstić information content (AvgIpc) is 2.54. The molecule has 0 saturated carbocycles. The van der Waals surface area contributed by atoms with Gasteiger partial charge in [-0.2, -0.15) is 5.10 Å². The van der Waals surface area contributed by atoms with Gasteiger partial charge in [0.05, 0.1) is 15.9 Å². The molecule has 0 aliphatic carbocycles. The topological polar surface area (TPSA) is 29.9 Å². The zero-order valence-corrected chi connectivity index (χ0v) is 14.1. The Morgan fingerprint density at radius 2 is 2.00 bits per heavy atom. The smallest absolute Gasteiger partial charge is 0.0767 e. The van der Waals surface area contributed by atoms with E-state index in [0.29, 0.717) is 11.3 Å². The summed E-state index contributed by atoms with van der Waals surface area (Å²) in [5.74, 6) is 0.648. The van der Waals surface area contributed by atoms with Crippen molar-refractivity contribution in [3.05, 3.63) is 15.9 Å². The third kappa shape index (κ3) is 3.82. The van der Waals surface area contributed by atoms with Gasteiger partial charge in [0.15, 0.2) is 0 Å². The van der Waals surface area contributed by atoms with Crippen LogP contribution in [0.5, 0.6) is 0 Å². The molecular weight excluding hydrogens is 290 g/mol. The number of nitrogens with one attached hydrogen (secondary N) is 1. The Morgan fingerprint density at radius 3 is 2.44 bits per heavy atom. The van der Waals surface area contributed by atoms with Gasteiger partial charge in [-0.25, -0.2) is 0 Å². The highest BCUT2D eigenvalue weighted by Crippen LogP contribution is 2.25. The summed E-state index contributed by atoms with van der Waals surface area (Å²) in [4.78, 5) is 0. The van der Waals surface area contributed by atoms with Gasteiger partial charge >= 0.3 is 0 Å². The van der Waals surface area contributed by atoms with Crippen molar-refractivity contribution in [2.45, 2.75) is 47.6 Å². The van der Waals surface area contributed by atoms with Crippen LogP contribution in [0.2, 0.25) is 0 Å². The van der Waals surface area contributed by atoms with E-state index in [0.717, 1.165) is 29.7 Å². The molecule has 18 heavy (non-hydrogen) atoms. The molecule has 104 valence electrons. The summed E-state index contributed by atoms with van der Waals surface area (Å²) in [6.07, 6.45) is 0.965. The van der Waals surface area contributed by atoms with Crippen LogP contribution in [0.4, 0.5) is 0 Å². The highest BCUT2D eigenvalue weighted by Gasteiger charge is 2.20. The molecule has 0 fully saturated rings. The fraction of sp³-hybridized carbons (Fsp3) is 0.786. The Kier molecular flexibility index (Phi) is 5.41. The van der Waals surface area contributed by atoms with Gasteiger partial charge in [0.1, 0.15) is 0 Å². The molecule has 0 aliphatic rings. The van der Waals surface area contributed by atoms with E-state index in [1.165, 1.54) is 5.69 Å². The van der Waals surface area contributed by atoms with Crippen molar-refractivity contribution in [1.82, 2.24) is 15.1 Å². The lowest BCUT2D eigenvalue weighted by Gasteiger charge is -2.27. The summed E-state index contributed by atoms with van der Waals surface area (Å²) < 4.78 is 3.13. The van der Waals surface area contributed by atoms with Crippen LogP contribution in [0.3, 0.4) is 0 Å². The zero-order valence-electron chi connectivity index (χ0n) is 12.5. The number of aromatic nitrogens is 2. The lowest BCUT2D eigenvalue weighted by Crippen LogP contribution is -2.30. The second kappa shape index (κ2) is 6.20. The Bertz CT molecular complexity index is 390. The minimum Gasteiger partial charge on any atom is -0.311 e. The van der Waals surface area contributed by atoms with E-state index in [1.807, 2.05) is 11.7 Å². The van der Waals surface area contributed by atoms with Crippen molar-refractivity contribution in [3.8, 4) is 0 Å². The van der Waals surface area contributed by atoms with Gasteiger partial charge in [0.25, 0.3) is 0 Å². The van der Waals surface area contributed by atoms with Crippen molar-refractivity contribution in [1.29, 1.82) is 0 Å². The van der Waals surface area contributed by atoms with E-state index >= 15 is 0 Å². The van der Waals surface area contributed by atoms with Crippen molar-refractivity contribution < 1.29 is 0 Å². The van der Waals surface area contributed by atoms with Crippen LogP contribution in [-0.2, 0) is 20.0 Å². The third-order valence-corrected chi connectivity index (χ3v) is 4.64. The summed E-state index contributed by atoms with van der Waals surface area (Å²) >= 11 is 3.65. The standard InChI is InChI=1S/C14H26BrN3/c1-7-11-13(15)12(18(6)17-11)9-16-8-10(2)14(3,4)5/h10,16H,7-9H2,1-6H3. The molecule has 0 spiro atoms. The van der Waals surface area contributed by atoms with Crippen LogP contribution in [0.25, 0.3) is 0 Å². The fourth-order valence-corrected chi connectivity index (χ4v) is 2.48. The molecule has 0 aromatic carbocycles. The van der Waals surface area contributed by atoms with Gasteiger partial charge in [-0.1, -0.05) is 34.6 Å². The molecule has 0 saturated heterocycles. The monoisotopic (exact) mass is 315 g/mol. The van der Waals surface area contributed by atoms with E-state index in [-0.39, 0.29) is 0 Å². The summed E-state index contributed by atoms with van der Waals surface area (Å²) in [6.45, 7) is 13.2. The molecule has 0 radical (unpaired) electrons. The van der Waals surface area contributed by atoms with Gasteiger partial charge in [-0.05, 0) is 40.2 Å². The van der Waals surface area contributed by atoms with Crippen molar-refractivity contribution in [3.63, 3.8) is 0 Å². The second-order valence-corrected chi connectivity index (χ2v) is 6.88. The first-order valence-electron chi connectivity index (χ1n) is 6.68. The Morgan fingerprint density at radius 1 is 1.39 bits per heavy atom. The van der Waals surface area contributed by atoms with Crippen LogP contribution in [-0.4, -0.2) is 16.3 Å². The lowest BCUT2D eigenvalue weighted by atomic mass is 9.82. The molecule has 3 nitrogen and oxygen atoms in total. The molecule has 1 N–H and O–H groups in total. The van der Waals surface area contributed by atoms with E-state index in [1.54, 1.807) is 0 Å². The zero-order chi connectivity index (χ0) is 13.9. The average molecular weight is 316 g/mol. The number of rotatable bonds is 5. The number of hydrogen-bond donors (Lipinski definition) is 1. The predicted molar refractivity (Wildman–Crippen MR) is 80.6 cm³/mol. The van der Waals surface area contributed by atoms with E-state index in [4.69, 9.17) is 0 Å². The number of nitrogens with zero attached hydrogens (tertiary/aromatic N) is 2. The molecule has 1 unspecified atom stereocenters. The number of halogens is 1. The molecular formula is C14H26BrN3. The first kappa shape index (κ1) is 15.7. The van der Waals surface area contributed by atoms with Crippen LogP contribution < -0.4 is 5.32 Å². The SMILES string of the molecule is CCc1nn(C)c(CNCC(C)C(C)(C)C)c1Br. The summed E-state index contributed by atoms with van der Waals surface area (Å²) in [5.41, 5.74) is 2.72. The second-order valence-electron chi connectivity index (χ2n) is 6.08. The van der Waals surface area contributed by atoms with E-state index in [2.05, 4.69) is 61.0 Å². The van der Waals surface area contributed by atoms with E-state index < -0.39 is 0 Å².